The topological polar surface area (TPSA) is 52.6 Å². The van der Waals surface area contributed by atoms with Gasteiger partial charge < -0.3 is 15.5 Å². The van der Waals surface area contributed by atoms with E-state index < -0.39 is 11.6 Å². The van der Waals surface area contributed by atoms with Gasteiger partial charge in [-0.1, -0.05) is 12.1 Å². The van der Waals surface area contributed by atoms with E-state index in [-0.39, 0.29) is 24.0 Å². The van der Waals surface area contributed by atoms with Gasteiger partial charge in [0.1, 0.15) is 0 Å². The van der Waals surface area contributed by atoms with Crippen LogP contribution < -0.4 is 15.5 Å². The molecule has 0 aliphatic carbocycles. The maximum atomic E-state index is 13.6. The third-order valence-electron chi connectivity index (χ3n) is 3.30. The molecule has 0 aliphatic heterocycles. The van der Waals surface area contributed by atoms with Crippen molar-refractivity contribution in [1.82, 2.24) is 15.6 Å². The minimum atomic E-state index is -0.824. The van der Waals surface area contributed by atoms with Crippen LogP contribution in [0.3, 0.4) is 0 Å². The summed E-state index contributed by atoms with van der Waals surface area (Å²) >= 11 is 1.57. The number of nitrogens with zero attached hydrogens (tertiary/aromatic N) is 3. The Morgan fingerprint density at radius 3 is 2.68 bits per heavy atom. The highest BCUT2D eigenvalue weighted by molar-refractivity contribution is 14.0. The zero-order valence-electron chi connectivity index (χ0n) is 14.3. The minimum Gasteiger partial charge on any atom is -0.356 e. The molecule has 0 bridgehead atoms. The van der Waals surface area contributed by atoms with Gasteiger partial charge >= 0.3 is 0 Å². The van der Waals surface area contributed by atoms with Gasteiger partial charge in [-0.15, -0.1) is 35.3 Å². The van der Waals surface area contributed by atoms with Crippen LogP contribution in [0.1, 0.15) is 11.3 Å². The van der Waals surface area contributed by atoms with Crippen LogP contribution in [0.2, 0.25) is 0 Å². The molecule has 1 aromatic carbocycles. The molecule has 2 N–H and O–H groups in total. The highest BCUT2D eigenvalue weighted by Crippen LogP contribution is 2.17. The molecule has 138 valence electrons. The number of hydrogen-bond acceptors (Lipinski definition) is 4. The van der Waals surface area contributed by atoms with Gasteiger partial charge in [0.15, 0.2) is 22.7 Å². The number of nitrogens with one attached hydrogen (secondary N) is 2. The van der Waals surface area contributed by atoms with Gasteiger partial charge in [0.25, 0.3) is 0 Å². The number of aromatic nitrogens is 1. The molecule has 25 heavy (non-hydrogen) atoms. The Hall–Kier alpha value is -1.49. The molecule has 2 aromatic rings. The predicted octanol–water partition coefficient (Wildman–Crippen LogP) is 3.01. The van der Waals surface area contributed by atoms with Crippen molar-refractivity contribution in [3.8, 4) is 0 Å². The first-order chi connectivity index (χ1) is 11.5. The molecular formula is C16H22F2IN5S. The molecule has 0 fully saturated rings. The number of guanidine groups is 1. The summed E-state index contributed by atoms with van der Waals surface area (Å²) in [7, 11) is 5.55. The minimum absolute atomic E-state index is 0. The first-order valence-corrected chi connectivity index (χ1v) is 8.38. The first kappa shape index (κ1) is 21.6. The van der Waals surface area contributed by atoms with E-state index in [1.807, 2.05) is 24.4 Å². The molecule has 1 aromatic heterocycles. The molecule has 0 unspecified atom stereocenters. The molecule has 0 aliphatic rings. The quantitative estimate of drug-likeness (QED) is 0.379. The van der Waals surface area contributed by atoms with Crippen molar-refractivity contribution in [2.45, 2.75) is 13.0 Å². The summed E-state index contributed by atoms with van der Waals surface area (Å²) in [6, 6.07) is 4.20. The highest BCUT2D eigenvalue weighted by atomic mass is 127. The molecule has 0 saturated carbocycles. The van der Waals surface area contributed by atoms with Crippen LogP contribution in [0.15, 0.2) is 28.6 Å². The van der Waals surface area contributed by atoms with E-state index in [4.69, 9.17) is 0 Å². The lowest BCUT2D eigenvalue weighted by Gasteiger charge is -2.11. The lowest BCUT2D eigenvalue weighted by Crippen LogP contribution is -2.38. The molecule has 2 rings (SSSR count). The van der Waals surface area contributed by atoms with Gasteiger partial charge in [-0.3, -0.25) is 4.99 Å². The Morgan fingerprint density at radius 2 is 2.04 bits per heavy atom. The highest BCUT2D eigenvalue weighted by Gasteiger charge is 2.08. The summed E-state index contributed by atoms with van der Waals surface area (Å²) in [5, 5.41) is 9.15. The van der Waals surface area contributed by atoms with Crippen molar-refractivity contribution in [2.75, 3.05) is 32.6 Å². The lowest BCUT2D eigenvalue weighted by molar-refractivity contribution is 0.498. The molecule has 5 nitrogen and oxygen atoms in total. The van der Waals surface area contributed by atoms with E-state index in [0.29, 0.717) is 31.0 Å². The van der Waals surface area contributed by atoms with Gasteiger partial charge in [0, 0.05) is 33.1 Å². The Morgan fingerprint density at radius 1 is 1.28 bits per heavy atom. The monoisotopic (exact) mass is 481 g/mol. The number of halogens is 3. The average molecular weight is 481 g/mol. The summed E-state index contributed by atoms with van der Waals surface area (Å²) < 4.78 is 26.7. The van der Waals surface area contributed by atoms with Crippen molar-refractivity contribution >= 4 is 46.4 Å². The number of hydrogen-bond donors (Lipinski definition) is 2. The van der Waals surface area contributed by atoms with E-state index in [0.717, 1.165) is 16.9 Å². The van der Waals surface area contributed by atoms with E-state index in [2.05, 4.69) is 20.6 Å². The number of benzene rings is 1. The molecule has 0 atom stereocenters. The van der Waals surface area contributed by atoms with Crippen molar-refractivity contribution in [2.24, 2.45) is 4.99 Å². The Labute approximate surface area is 167 Å². The second kappa shape index (κ2) is 10.5. The average Bonchev–Trinajstić information content (AvgIpc) is 3.04. The van der Waals surface area contributed by atoms with Crippen molar-refractivity contribution in [1.29, 1.82) is 0 Å². The smallest absolute Gasteiger partial charge is 0.191 e. The largest absolute Gasteiger partial charge is 0.356 e. The Kier molecular flexibility index (Phi) is 9.04. The predicted molar refractivity (Wildman–Crippen MR) is 110 cm³/mol. The summed E-state index contributed by atoms with van der Waals surface area (Å²) in [6.07, 6.45) is 0.367. The standard InChI is InChI=1S/C16H21F2N5S.HI/c1-19-15(21-9-12-10-24-16(22-12)23(2)3)20-8-7-11-5-4-6-13(17)14(11)18;/h4-6,10H,7-9H2,1-3H3,(H2,19,20,21);1H. The molecule has 1 heterocycles. The number of rotatable bonds is 6. The van der Waals surface area contributed by atoms with Gasteiger partial charge in [-0.2, -0.15) is 0 Å². The van der Waals surface area contributed by atoms with Gasteiger partial charge in [0.2, 0.25) is 0 Å². The summed E-state index contributed by atoms with van der Waals surface area (Å²) in [5.41, 5.74) is 1.26. The van der Waals surface area contributed by atoms with E-state index >= 15 is 0 Å². The Bertz CT molecular complexity index is 706. The lowest BCUT2D eigenvalue weighted by atomic mass is 10.1. The summed E-state index contributed by atoms with van der Waals surface area (Å²) in [6.45, 7) is 0.985. The molecule has 0 radical (unpaired) electrons. The fourth-order valence-electron chi connectivity index (χ4n) is 2.03. The molecular weight excluding hydrogens is 459 g/mol. The van der Waals surface area contributed by atoms with Crippen LogP contribution in [0.5, 0.6) is 0 Å². The second-order valence-electron chi connectivity index (χ2n) is 5.33. The zero-order chi connectivity index (χ0) is 17.5. The maximum absolute atomic E-state index is 13.6. The van der Waals surface area contributed by atoms with Gasteiger partial charge in [-0.05, 0) is 18.1 Å². The number of aliphatic imine (C=N–C) groups is 1. The van der Waals surface area contributed by atoms with Crippen LogP contribution in [0.4, 0.5) is 13.9 Å². The first-order valence-electron chi connectivity index (χ1n) is 7.50. The Balaban J connectivity index is 0.00000312. The van der Waals surface area contributed by atoms with E-state index in [9.17, 15) is 8.78 Å². The number of anilines is 1. The van der Waals surface area contributed by atoms with Crippen LogP contribution in [0, 0.1) is 11.6 Å². The number of thiazole rings is 1. The molecule has 0 spiro atoms. The normalized spacial score (nSPS) is 11.0. The second-order valence-corrected chi connectivity index (χ2v) is 6.17. The van der Waals surface area contributed by atoms with Crippen LogP contribution in [-0.2, 0) is 13.0 Å². The molecule has 0 amide bonds. The van der Waals surface area contributed by atoms with Crippen LogP contribution in [0.25, 0.3) is 0 Å². The molecule has 0 saturated heterocycles. The fraction of sp³-hybridized carbons (Fsp3) is 0.375. The fourth-order valence-corrected chi connectivity index (χ4v) is 2.79. The summed E-state index contributed by atoms with van der Waals surface area (Å²) in [4.78, 5) is 10.5. The van der Waals surface area contributed by atoms with Crippen molar-refractivity contribution < 1.29 is 8.78 Å². The van der Waals surface area contributed by atoms with Crippen LogP contribution >= 0.6 is 35.3 Å². The molecule has 9 heteroatoms. The SMILES string of the molecule is CN=C(NCCc1cccc(F)c1F)NCc1csc(N(C)C)n1.I. The van der Waals surface area contributed by atoms with Crippen molar-refractivity contribution in [3.05, 3.63) is 46.5 Å². The van der Waals surface area contributed by atoms with Crippen LogP contribution in [-0.4, -0.2) is 38.6 Å². The van der Waals surface area contributed by atoms with E-state index in [1.54, 1.807) is 24.5 Å². The van der Waals surface area contributed by atoms with Gasteiger partial charge in [-0.25, -0.2) is 13.8 Å². The third kappa shape index (κ3) is 6.38. The summed E-state index contributed by atoms with van der Waals surface area (Å²) in [5.74, 6) is -1.03. The van der Waals surface area contributed by atoms with E-state index in [1.165, 1.54) is 6.07 Å². The third-order valence-corrected chi connectivity index (χ3v) is 4.36. The zero-order valence-corrected chi connectivity index (χ0v) is 17.5. The van der Waals surface area contributed by atoms with Crippen molar-refractivity contribution in [3.63, 3.8) is 0 Å². The maximum Gasteiger partial charge on any atom is 0.191 e. The van der Waals surface area contributed by atoms with Gasteiger partial charge in [0.05, 0.1) is 12.2 Å².